The van der Waals surface area contributed by atoms with Crippen molar-refractivity contribution in [3.8, 4) is 0 Å². The van der Waals surface area contributed by atoms with Crippen molar-refractivity contribution in [3.05, 3.63) is 41.6 Å². The summed E-state index contributed by atoms with van der Waals surface area (Å²) in [5.41, 5.74) is 3.13. The third kappa shape index (κ3) is 3.72. The minimum Gasteiger partial charge on any atom is -0.383 e. The molecular formula is C18H25NO. The van der Waals surface area contributed by atoms with Crippen LogP contribution in [-0.2, 0) is 4.79 Å². The fourth-order valence-electron chi connectivity index (χ4n) is 2.86. The summed E-state index contributed by atoms with van der Waals surface area (Å²) in [6.07, 6.45) is 7.74. The Bertz CT molecular complexity index is 479. The van der Waals surface area contributed by atoms with E-state index in [1.54, 1.807) is 0 Å². The van der Waals surface area contributed by atoms with E-state index in [9.17, 15) is 4.79 Å². The van der Waals surface area contributed by atoms with Crippen LogP contribution in [0.1, 0.15) is 43.2 Å². The monoisotopic (exact) mass is 271 g/mol. The lowest BCUT2D eigenvalue weighted by atomic mass is 9.82. The van der Waals surface area contributed by atoms with Gasteiger partial charge in [-0.05, 0) is 25.3 Å². The Morgan fingerprint density at radius 3 is 2.25 bits per heavy atom. The molecule has 2 heteroatoms. The highest BCUT2D eigenvalue weighted by atomic mass is 16.1. The molecule has 0 aliphatic heterocycles. The molecule has 0 N–H and O–H groups in total. The Morgan fingerprint density at radius 2 is 1.70 bits per heavy atom. The van der Waals surface area contributed by atoms with Gasteiger partial charge < -0.3 is 4.90 Å². The van der Waals surface area contributed by atoms with Crippen molar-refractivity contribution >= 4 is 11.4 Å². The van der Waals surface area contributed by atoms with Crippen LogP contribution in [0.25, 0.3) is 5.57 Å². The summed E-state index contributed by atoms with van der Waals surface area (Å²) in [4.78, 5) is 14.8. The Labute approximate surface area is 122 Å². The molecule has 1 aliphatic rings. The topological polar surface area (TPSA) is 20.3 Å². The van der Waals surface area contributed by atoms with Gasteiger partial charge in [-0.1, -0.05) is 49.1 Å². The smallest absolute Gasteiger partial charge is 0.168 e. The van der Waals surface area contributed by atoms with Gasteiger partial charge in [0.2, 0.25) is 0 Å². The summed E-state index contributed by atoms with van der Waals surface area (Å²) in [7, 11) is 3.95. The van der Waals surface area contributed by atoms with Gasteiger partial charge in [0.1, 0.15) is 0 Å². The second kappa shape index (κ2) is 6.74. The number of carbonyl (C=O) groups is 1. The Hall–Kier alpha value is -1.57. The van der Waals surface area contributed by atoms with E-state index in [0.29, 0.717) is 5.78 Å². The molecule has 0 heterocycles. The van der Waals surface area contributed by atoms with Gasteiger partial charge in [0.25, 0.3) is 0 Å². The van der Waals surface area contributed by atoms with Crippen LogP contribution in [0.4, 0.5) is 0 Å². The van der Waals surface area contributed by atoms with Gasteiger partial charge in [-0.3, -0.25) is 4.79 Å². The quantitative estimate of drug-likeness (QED) is 0.770. The molecule has 0 amide bonds. The number of benzene rings is 1. The highest BCUT2D eigenvalue weighted by Gasteiger charge is 2.25. The van der Waals surface area contributed by atoms with Crippen LogP contribution in [0, 0.1) is 12.8 Å². The summed E-state index contributed by atoms with van der Waals surface area (Å²) in [6.45, 7) is 2.07. The number of hydrogen-bond acceptors (Lipinski definition) is 2. The molecule has 0 saturated heterocycles. The van der Waals surface area contributed by atoms with Crippen molar-refractivity contribution in [1.29, 1.82) is 0 Å². The Morgan fingerprint density at radius 1 is 1.10 bits per heavy atom. The number of ketones is 1. The van der Waals surface area contributed by atoms with Crippen molar-refractivity contribution in [2.24, 2.45) is 5.92 Å². The lowest BCUT2D eigenvalue weighted by Gasteiger charge is -2.22. The van der Waals surface area contributed by atoms with E-state index in [4.69, 9.17) is 0 Å². The van der Waals surface area contributed by atoms with Crippen molar-refractivity contribution < 1.29 is 4.79 Å². The molecule has 2 nitrogen and oxygen atoms in total. The lowest BCUT2D eigenvalue weighted by molar-refractivity contribution is -0.118. The van der Waals surface area contributed by atoms with Crippen LogP contribution >= 0.6 is 0 Å². The van der Waals surface area contributed by atoms with E-state index in [-0.39, 0.29) is 5.92 Å². The normalized spacial score (nSPS) is 17.1. The highest BCUT2D eigenvalue weighted by Crippen LogP contribution is 2.30. The average Bonchev–Trinajstić information content (AvgIpc) is 2.46. The molecule has 1 aliphatic carbocycles. The highest BCUT2D eigenvalue weighted by molar-refractivity contribution is 6.21. The van der Waals surface area contributed by atoms with Gasteiger partial charge in [0.05, 0.1) is 0 Å². The lowest BCUT2D eigenvalue weighted by Crippen LogP contribution is -2.20. The molecule has 2 rings (SSSR count). The maximum Gasteiger partial charge on any atom is 0.168 e. The summed E-state index contributed by atoms with van der Waals surface area (Å²) in [5, 5.41) is 0. The van der Waals surface area contributed by atoms with E-state index >= 15 is 0 Å². The van der Waals surface area contributed by atoms with Crippen LogP contribution in [-0.4, -0.2) is 24.8 Å². The molecule has 108 valence electrons. The molecule has 1 saturated carbocycles. The maximum absolute atomic E-state index is 12.8. The van der Waals surface area contributed by atoms with Crippen molar-refractivity contribution in [2.75, 3.05) is 14.1 Å². The molecular weight excluding hydrogens is 246 g/mol. The fourth-order valence-corrected chi connectivity index (χ4v) is 2.86. The number of carbonyl (C=O) groups excluding carboxylic acids is 1. The van der Waals surface area contributed by atoms with Gasteiger partial charge in [-0.25, -0.2) is 0 Å². The molecule has 0 aromatic heterocycles. The zero-order chi connectivity index (χ0) is 14.5. The largest absolute Gasteiger partial charge is 0.383 e. The summed E-state index contributed by atoms with van der Waals surface area (Å²) < 4.78 is 0. The Balaban J connectivity index is 2.27. The van der Waals surface area contributed by atoms with E-state index < -0.39 is 0 Å². The van der Waals surface area contributed by atoms with E-state index in [2.05, 4.69) is 31.2 Å². The standard InChI is InChI=1S/C18H25NO/c1-14-9-11-15(12-10-14)17(13-19(2)3)18(20)16-7-5-4-6-8-16/h9-13,16H,4-8H2,1-3H3/b17-13+. The number of Topliss-reactive ketones (excluding diaryl/α,β-unsaturated/α-hetero) is 1. The predicted molar refractivity (Wildman–Crippen MR) is 84.4 cm³/mol. The van der Waals surface area contributed by atoms with Crippen LogP contribution in [0.15, 0.2) is 30.5 Å². The third-order valence-corrected chi connectivity index (χ3v) is 3.99. The van der Waals surface area contributed by atoms with E-state index in [1.165, 1.54) is 24.8 Å². The molecule has 0 bridgehead atoms. The summed E-state index contributed by atoms with van der Waals surface area (Å²) in [5.74, 6) is 0.540. The predicted octanol–water partition coefficient (Wildman–Crippen LogP) is 4.05. The van der Waals surface area contributed by atoms with Crippen molar-refractivity contribution in [3.63, 3.8) is 0 Å². The minimum atomic E-state index is 0.219. The molecule has 1 aromatic carbocycles. The van der Waals surface area contributed by atoms with Gasteiger partial charge in [0.15, 0.2) is 5.78 Å². The molecule has 1 aromatic rings. The van der Waals surface area contributed by atoms with E-state index in [0.717, 1.165) is 24.0 Å². The first-order chi connectivity index (χ1) is 9.58. The summed E-state index contributed by atoms with van der Waals surface area (Å²) >= 11 is 0. The molecule has 1 fully saturated rings. The second-order valence-corrected chi connectivity index (χ2v) is 6.07. The first kappa shape index (κ1) is 14.8. The summed E-state index contributed by atoms with van der Waals surface area (Å²) in [6, 6.07) is 8.27. The molecule has 0 radical (unpaired) electrons. The fraction of sp³-hybridized carbons (Fsp3) is 0.500. The zero-order valence-corrected chi connectivity index (χ0v) is 12.9. The van der Waals surface area contributed by atoms with Crippen molar-refractivity contribution in [2.45, 2.75) is 39.0 Å². The second-order valence-electron chi connectivity index (χ2n) is 6.07. The zero-order valence-electron chi connectivity index (χ0n) is 12.9. The SMILES string of the molecule is Cc1ccc(/C(=C\N(C)C)C(=O)C2CCCCC2)cc1. The van der Waals surface area contributed by atoms with E-state index in [1.807, 2.05) is 25.2 Å². The van der Waals surface area contributed by atoms with Crippen molar-refractivity contribution in [1.82, 2.24) is 4.90 Å². The van der Waals surface area contributed by atoms with Gasteiger partial charge in [0, 0.05) is 31.8 Å². The molecule has 0 spiro atoms. The van der Waals surface area contributed by atoms with Gasteiger partial charge >= 0.3 is 0 Å². The van der Waals surface area contributed by atoms with Crippen LogP contribution in [0.2, 0.25) is 0 Å². The van der Waals surface area contributed by atoms with Crippen LogP contribution < -0.4 is 0 Å². The molecule has 20 heavy (non-hydrogen) atoms. The molecule has 0 atom stereocenters. The average molecular weight is 271 g/mol. The number of hydrogen-bond donors (Lipinski definition) is 0. The maximum atomic E-state index is 12.8. The number of nitrogens with zero attached hydrogens (tertiary/aromatic N) is 1. The first-order valence-corrected chi connectivity index (χ1v) is 7.57. The number of aryl methyl sites for hydroxylation is 1. The minimum absolute atomic E-state index is 0.219. The van der Waals surface area contributed by atoms with Gasteiger partial charge in [-0.2, -0.15) is 0 Å². The van der Waals surface area contributed by atoms with Gasteiger partial charge in [-0.15, -0.1) is 0 Å². The number of allylic oxidation sites excluding steroid dienone is 1. The van der Waals surface area contributed by atoms with Crippen LogP contribution in [0.5, 0.6) is 0 Å². The van der Waals surface area contributed by atoms with Crippen LogP contribution in [0.3, 0.4) is 0 Å². The Kier molecular flexibility index (Phi) is 4.99. The third-order valence-electron chi connectivity index (χ3n) is 3.99. The molecule has 0 unspecified atom stereocenters. The number of rotatable bonds is 4. The first-order valence-electron chi connectivity index (χ1n) is 7.57.